The van der Waals surface area contributed by atoms with Crippen molar-refractivity contribution in [1.29, 1.82) is 0 Å². The van der Waals surface area contributed by atoms with Crippen molar-refractivity contribution in [2.75, 3.05) is 18.0 Å². The van der Waals surface area contributed by atoms with Gasteiger partial charge in [-0.2, -0.15) is 4.31 Å². The fourth-order valence-corrected chi connectivity index (χ4v) is 6.67. The van der Waals surface area contributed by atoms with Crippen molar-refractivity contribution in [3.63, 3.8) is 0 Å². The first kappa shape index (κ1) is 23.6. The highest BCUT2D eigenvalue weighted by molar-refractivity contribution is 7.89. The Bertz CT molecular complexity index is 1430. The molecule has 2 aromatic carbocycles. The zero-order valence-corrected chi connectivity index (χ0v) is 20.1. The van der Waals surface area contributed by atoms with Crippen LogP contribution in [0.1, 0.15) is 18.6 Å². The van der Waals surface area contributed by atoms with E-state index in [-0.39, 0.29) is 38.4 Å². The van der Waals surface area contributed by atoms with Crippen LogP contribution in [0.2, 0.25) is 0 Å². The van der Waals surface area contributed by atoms with Gasteiger partial charge in [0.2, 0.25) is 15.9 Å². The number of aromatic nitrogens is 1. The molecule has 11 heteroatoms. The quantitative estimate of drug-likeness (QED) is 0.367. The van der Waals surface area contributed by atoms with Gasteiger partial charge in [0.15, 0.2) is 5.13 Å². The first-order valence-corrected chi connectivity index (χ1v) is 13.2. The molecule has 1 saturated heterocycles. The molecule has 182 valence electrons. The third-order valence-electron chi connectivity index (χ3n) is 5.99. The molecule has 0 aliphatic carbocycles. The molecule has 0 N–H and O–H groups in total. The van der Waals surface area contributed by atoms with Crippen LogP contribution in [0.25, 0.3) is 10.2 Å². The highest BCUT2D eigenvalue weighted by atomic mass is 32.2. The molecule has 3 heterocycles. The van der Waals surface area contributed by atoms with Gasteiger partial charge in [0.05, 0.1) is 23.0 Å². The normalized spacial score (nSPS) is 15.5. The highest BCUT2D eigenvalue weighted by Crippen LogP contribution is 2.33. The van der Waals surface area contributed by atoms with Gasteiger partial charge in [-0.3, -0.25) is 9.69 Å². The molecule has 1 amide bonds. The molecule has 0 atom stereocenters. The number of halogens is 2. The minimum atomic E-state index is -4.23. The van der Waals surface area contributed by atoms with E-state index >= 15 is 0 Å². The van der Waals surface area contributed by atoms with Crippen LogP contribution >= 0.6 is 11.3 Å². The van der Waals surface area contributed by atoms with E-state index in [1.807, 2.05) is 24.3 Å². The average molecular weight is 518 g/mol. The summed E-state index contributed by atoms with van der Waals surface area (Å²) >= 11 is 1.39. The molecule has 4 aromatic rings. The van der Waals surface area contributed by atoms with E-state index in [0.717, 1.165) is 26.7 Å². The first-order chi connectivity index (χ1) is 16.8. The predicted octanol–water partition coefficient (Wildman–Crippen LogP) is 4.80. The number of rotatable bonds is 6. The van der Waals surface area contributed by atoms with Gasteiger partial charge in [0, 0.05) is 19.0 Å². The molecule has 2 aromatic heterocycles. The number of thiazole rings is 1. The van der Waals surface area contributed by atoms with Crippen molar-refractivity contribution < 1.29 is 26.4 Å². The molecule has 0 saturated carbocycles. The minimum absolute atomic E-state index is 0.0170. The number of amides is 1. The Labute approximate surface area is 204 Å². The van der Waals surface area contributed by atoms with E-state index in [4.69, 9.17) is 4.42 Å². The molecule has 0 spiro atoms. The lowest BCUT2D eigenvalue weighted by Gasteiger charge is -2.32. The molecular formula is C24H21F2N3O4S2. The molecule has 0 bridgehead atoms. The summed E-state index contributed by atoms with van der Waals surface area (Å²) < 4.78 is 61.0. The Hall–Kier alpha value is -3.15. The maximum atomic E-state index is 14.1. The van der Waals surface area contributed by atoms with Gasteiger partial charge in [-0.1, -0.05) is 23.5 Å². The van der Waals surface area contributed by atoms with Crippen molar-refractivity contribution >= 4 is 42.6 Å². The Morgan fingerprint density at radius 1 is 1.11 bits per heavy atom. The van der Waals surface area contributed by atoms with Crippen LogP contribution in [0, 0.1) is 17.6 Å². The molecule has 1 aliphatic heterocycles. The number of sulfonamides is 1. The Morgan fingerprint density at radius 3 is 2.60 bits per heavy atom. The average Bonchev–Trinajstić information content (AvgIpc) is 3.53. The van der Waals surface area contributed by atoms with Crippen LogP contribution < -0.4 is 4.90 Å². The maximum absolute atomic E-state index is 14.1. The van der Waals surface area contributed by atoms with Gasteiger partial charge in [-0.05, 0) is 55.3 Å². The molecule has 1 aliphatic rings. The Morgan fingerprint density at radius 2 is 1.89 bits per heavy atom. The van der Waals surface area contributed by atoms with Crippen molar-refractivity contribution in [3.05, 3.63) is 78.3 Å². The number of nitrogens with zero attached hydrogens (tertiary/aromatic N) is 3. The lowest BCUT2D eigenvalue weighted by molar-refractivity contribution is -0.123. The fourth-order valence-electron chi connectivity index (χ4n) is 4.15. The number of anilines is 1. The van der Waals surface area contributed by atoms with Gasteiger partial charge in [0.1, 0.15) is 22.3 Å². The summed E-state index contributed by atoms with van der Waals surface area (Å²) in [7, 11) is -4.23. The lowest BCUT2D eigenvalue weighted by Crippen LogP contribution is -2.44. The van der Waals surface area contributed by atoms with Gasteiger partial charge < -0.3 is 4.42 Å². The van der Waals surface area contributed by atoms with Crippen LogP contribution in [0.15, 0.2) is 70.2 Å². The molecule has 0 radical (unpaired) electrons. The van der Waals surface area contributed by atoms with E-state index in [0.29, 0.717) is 17.0 Å². The molecule has 0 unspecified atom stereocenters. The number of carbonyl (C=O) groups is 1. The third kappa shape index (κ3) is 4.71. The maximum Gasteiger partial charge on any atom is 0.246 e. The van der Waals surface area contributed by atoms with Crippen molar-refractivity contribution in [1.82, 2.24) is 9.29 Å². The summed E-state index contributed by atoms with van der Waals surface area (Å²) in [4.78, 5) is 19.1. The topological polar surface area (TPSA) is 83.7 Å². The number of hydrogen-bond acceptors (Lipinski definition) is 6. The van der Waals surface area contributed by atoms with Gasteiger partial charge in [-0.25, -0.2) is 22.2 Å². The molecule has 5 rings (SSSR count). The van der Waals surface area contributed by atoms with Crippen LogP contribution in [0.4, 0.5) is 13.9 Å². The molecule has 1 fully saturated rings. The summed E-state index contributed by atoms with van der Waals surface area (Å²) in [5.41, 5.74) is 0.780. The number of para-hydroxylation sites is 1. The van der Waals surface area contributed by atoms with Crippen LogP contribution in [-0.2, 0) is 21.4 Å². The zero-order valence-electron chi connectivity index (χ0n) is 18.4. The largest absolute Gasteiger partial charge is 0.467 e. The summed E-state index contributed by atoms with van der Waals surface area (Å²) in [6, 6.07) is 13.4. The van der Waals surface area contributed by atoms with E-state index < -0.39 is 32.5 Å². The van der Waals surface area contributed by atoms with Crippen LogP contribution in [0.3, 0.4) is 0 Å². The molecule has 35 heavy (non-hydrogen) atoms. The smallest absolute Gasteiger partial charge is 0.246 e. The van der Waals surface area contributed by atoms with Crippen molar-refractivity contribution in [3.8, 4) is 0 Å². The van der Waals surface area contributed by atoms with Gasteiger partial charge >= 0.3 is 0 Å². The number of hydrogen-bond donors (Lipinski definition) is 0. The summed E-state index contributed by atoms with van der Waals surface area (Å²) in [5, 5.41) is 0.532. The van der Waals surface area contributed by atoms with E-state index in [1.165, 1.54) is 17.6 Å². The van der Waals surface area contributed by atoms with Crippen LogP contribution in [0.5, 0.6) is 0 Å². The van der Waals surface area contributed by atoms with Crippen LogP contribution in [-0.4, -0.2) is 36.7 Å². The minimum Gasteiger partial charge on any atom is -0.467 e. The zero-order chi connectivity index (χ0) is 24.6. The summed E-state index contributed by atoms with van der Waals surface area (Å²) in [5.74, 6) is -1.89. The second-order valence-corrected chi connectivity index (χ2v) is 11.1. The Kier molecular flexibility index (Phi) is 6.39. The molecular weight excluding hydrogens is 496 g/mol. The van der Waals surface area contributed by atoms with Gasteiger partial charge in [0.25, 0.3) is 0 Å². The third-order valence-corrected chi connectivity index (χ3v) is 8.96. The highest BCUT2D eigenvalue weighted by Gasteiger charge is 2.36. The second-order valence-electron chi connectivity index (χ2n) is 8.22. The summed E-state index contributed by atoms with van der Waals surface area (Å²) in [6.45, 7) is 0.227. The number of piperidine rings is 1. The number of benzene rings is 2. The monoisotopic (exact) mass is 517 g/mol. The van der Waals surface area contributed by atoms with E-state index in [9.17, 15) is 22.0 Å². The van der Waals surface area contributed by atoms with E-state index in [2.05, 4.69) is 4.98 Å². The SMILES string of the molecule is O=C(C1CCN(S(=O)(=O)c2cc(F)ccc2F)CC1)N(Cc1ccco1)c1nc2ccccc2s1. The number of fused-ring (bicyclic) bond motifs is 1. The second kappa shape index (κ2) is 9.48. The van der Waals surface area contributed by atoms with Gasteiger partial charge in [-0.15, -0.1) is 0 Å². The van der Waals surface area contributed by atoms with E-state index in [1.54, 1.807) is 17.0 Å². The number of furan rings is 1. The number of carbonyl (C=O) groups excluding carboxylic acids is 1. The lowest BCUT2D eigenvalue weighted by atomic mass is 9.96. The molecule has 7 nitrogen and oxygen atoms in total. The summed E-state index contributed by atoms with van der Waals surface area (Å²) in [6.07, 6.45) is 2.02. The predicted molar refractivity (Wildman–Crippen MR) is 127 cm³/mol. The standard InChI is InChI=1S/C24H21F2N3O4S2/c25-17-7-8-19(26)22(14-17)35(31,32)28-11-9-16(10-12-28)23(30)29(15-18-4-3-13-33-18)24-27-20-5-1-2-6-21(20)34-24/h1-8,13-14,16H,9-12,15H2. The van der Waals surface area contributed by atoms with Crippen molar-refractivity contribution in [2.45, 2.75) is 24.3 Å². The van der Waals surface area contributed by atoms with Crippen molar-refractivity contribution in [2.24, 2.45) is 5.92 Å². The fraction of sp³-hybridized carbons (Fsp3) is 0.250. The first-order valence-electron chi connectivity index (χ1n) is 11.0. The Balaban J connectivity index is 1.36.